The lowest BCUT2D eigenvalue weighted by atomic mass is 10.9. The molecule has 0 atom stereocenters. The standard InChI is InChI=1S/C3H6N6.CH6O3P/c4-1-7-2(5)9-3(6)8-1;1-5(2,3)4/h(H6,4,5,6,7,8,9);2-4H,1H3/q;+1. The lowest BCUT2D eigenvalue weighted by Crippen LogP contribution is -2.05. The summed E-state index contributed by atoms with van der Waals surface area (Å²) in [6.45, 7) is 0.965. The highest BCUT2D eigenvalue weighted by atomic mass is 31.2. The highest BCUT2D eigenvalue weighted by Crippen LogP contribution is 2.38. The van der Waals surface area contributed by atoms with Gasteiger partial charge in [0.1, 0.15) is 6.66 Å². The molecule has 0 aromatic carbocycles. The van der Waals surface area contributed by atoms with Crippen LogP contribution in [0.15, 0.2) is 0 Å². The molecule has 0 aliphatic heterocycles. The van der Waals surface area contributed by atoms with Crippen molar-refractivity contribution in [3.8, 4) is 0 Å². The van der Waals surface area contributed by atoms with Crippen LogP contribution in [0.2, 0.25) is 0 Å². The third-order valence-corrected chi connectivity index (χ3v) is 0.687. The van der Waals surface area contributed by atoms with Gasteiger partial charge in [-0.2, -0.15) is 29.6 Å². The zero-order valence-corrected chi connectivity index (χ0v) is 8.26. The van der Waals surface area contributed by atoms with Gasteiger partial charge in [-0.05, 0) is 0 Å². The van der Waals surface area contributed by atoms with Gasteiger partial charge in [0.05, 0.1) is 0 Å². The van der Waals surface area contributed by atoms with Gasteiger partial charge >= 0.3 is 7.94 Å². The number of rotatable bonds is 0. The van der Waals surface area contributed by atoms with Crippen molar-refractivity contribution < 1.29 is 14.7 Å². The van der Waals surface area contributed by atoms with Crippen LogP contribution in [0.3, 0.4) is 0 Å². The van der Waals surface area contributed by atoms with Gasteiger partial charge in [0.25, 0.3) is 0 Å². The second-order valence-corrected chi connectivity index (χ2v) is 4.01. The number of hydrogen-bond acceptors (Lipinski definition) is 9. The number of nitrogens with two attached hydrogens (primary N) is 3. The first-order valence-electron chi connectivity index (χ1n) is 3.25. The highest BCUT2D eigenvalue weighted by molar-refractivity contribution is 7.57. The number of nitrogens with zero attached hydrogens (tertiary/aromatic N) is 3. The topological polar surface area (TPSA) is 177 Å². The maximum absolute atomic E-state index is 7.74. The maximum Gasteiger partial charge on any atom is 0.400 e. The summed E-state index contributed by atoms with van der Waals surface area (Å²) in [4.78, 5) is 33.7. The fourth-order valence-electron chi connectivity index (χ4n) is 0.427. The Morgan fingerprint density at radius 3 is 1.14 bits per heavy atom. The molecular weight excluding hydrogens is 211 g/mol. The quantitative estimate of drug-likeness (QED) is 0.270. The number of nitrogen functional groups attached to an aromatic ring is 3. The van der Waals surface area contributed by atoms with E-state index in [0.29, 0.717) is 0 Å². The molecule has 0 aliphatic carbocycles. The van der Waals surface area contributed by atoms with Gasteiger partial charge in [0, 0.05) is 0 Å². The zero-order valence-electron chi connectivity index (χ0n) is 7.36. The molecule has 9 N–H and O–H groups in total. The maximum atomic E-state index is 7.74. The molecule has 0 bridgehead atoms. The van der Waals surface area contributed by atoms with Gasteiger partial charge < -0.3 is 17.2 Å². The van der Waals surface area contributed by atoms with Crippen LogP contribution < -0.4 is 17.2 Å². The van der Waals surface area contributed by atoms with Crippen LogP contribution in [0.1, 0.15) is 0 Å². The molecule has 80 valence electrons. The summed E-state index contributed by atoms with van der Waals surface area (Å²) >= 11 is 0. The van der Waals surface area contributed by atoms with E-state index in [4.69, 9.17) is 31.9 Å². The second-order valence-electron chi connectivity index (χ2n) is 2.28. The van der Waals surface area contributed by atoms with Crippen molar-refractivity contribution in [1.82, 2.24) is 15.0 Å². The molecule has 0 amide bonds. The van der Waals surface area contributed by atoms with Crippen molar-refractivity contribution in [2.24, 2.45) is 0 Å². The van der Waals surface area contributed by atoms with Crippen molar-refractivity contribution in [2.45, 2.75) is 0 Å². The van der Waals surface area contributed by atoms with Crippen LogP contribution >= 0.6 is 7.94 Å². The van der Waals surface area contributed by atoms with Crippen molar-refractivity contribution in [2.75, 3.05) is 23.9 Å². The summed E-state index contributed by atoms with van der Waals surface area (Å²) in [5.74, 6) is 0.125. The van der Waals surface area contributed by atoms with Crippen LogP contribution in [0.5, 0.6) is 0 Å². The normalized spacial score (nSPS) is 10.3. The summed E-state index contributed by atoms with van der Waals surface area (Å²) in [5, 5.41) is 0. The number of aromatic nitrogens is 3. The summed E-state index contributed by atoms with van der Waals surface area (Å²) < 4.78 is 0. The Hall–Kier alpha value is -1.28. The third-order valence-electron chi connectivity index (χ3n) is 0.687. The van der Waals surface area contributed by atoms with Crippen molar-refractivity contribution >= 4 is 25.8 Å². The SMILES string of the molecule is C[P+](O)(O)O.Nc1nc(N)nc(N)n1. The average molecular weight is 223 g/mol. The molecular formula is C4H12N6O3P+. The molecule has 0 radical (unpaired) electrons. The molecule has 1 rings (SSSR count). The minimum absolute atomic E-state index is 0.0417. The minimum Gasteiger partial charge on any atom is -0.368 e. The minimum atomic E-state index is -3.39. The zero-order chi connectivity index (χ0) is 11.4. The molecule has 1 aromatic heterocycles. The van der Waals surface area contributed by atoms with Crippen LogP contribution in [0, 0.1) is 0 Å². The summed E-state index contributed by atoms with van der Waals surface area (Å²) in [6, 6.07) is 0. The first-order chi connectivity index (χ1) is 6.18. The number of anilines is 3. The van der Waals surface area contributed by atoms with Crippen LogP contribution in [-0.4, -0.2) is 36.3 Å². The fraction of sp³-hybridized carbons (Fsp3) is 0.250. The first-order valence-corrected chi connectivity index (χ1v) is 5.35. The average Bonchev–Trinajstić information content (AvgIpc) is 1.77. The summed E-state index contributed by atoms with van der Waals surface area (Å²) in [7, 11) is -3.39. The van der Waals surface area contributed by atoms with Crippen LogP contribution in [0.25, 0.3) is 0 Å². The highest BCUT2D eigenvalue weighted by Gasteiger charge is 2.17. The van der Waals surface area contributed by atoms with Crippen LogP contribution in [-0.2, 0) is 0 Å². The summed E-state index contributed by atoms with van der Waals surface area (Å²) in [5.41, 5.74) is 15.4. The molecule has 0 saturated heterocycles. The van der Waals surface area contributed by atoms with Gasteiger partial charge in [-0.3, -0.25) is 0 Å². The van der Waals surface area contributed by atoms with E-state index in [0.717, 1.165) is 6.66 Å². The Morgan fingerprint density at radius 1 is 0.857 bits per heavy atom. The van der Waals surface area contributed by atoms with Gasteiger partial charge in [-0.25, -0.2) is 0 Å². The van der Waals surface area contributed by atoms with E-state index in [2.05, 4.69) is 15.0 Å². The monoisotopic (exact) mass is 223 g/mol. The van der Waals surface area contributed by atoms with Crippen molar-refractivity contribution in [1.29, 1.82) is 0 Å². The third kappa shape index (κ3) is 8.81. The van der Waals surface area contributed by atoms with E-state index in [9.17, 15) is 0 Å². The van der Waals surface area contributed by atoms with Gasteiger partial charge in [-0.1, -0.05) is 0 Å². The van der Waals surface area contributed by atoms with E-state index < -0.39 is 7.94 Å². The predicted octanol–water partition coefficient (Wildman–Crippen LogP) is -2.03. The van der Waals surface area contributed by atoms with E-state index in [1.165, 1.54) is 0 Å². The van der Waals surface area contributed by atoms with Crippen molar-refractivity contribution in [3.63, 3.8) is 0 Å². The Bertz CT molecular complexity index is 245. The first kappa shape index (κ1) is 12.7. The molecule has 0 saturated carbocycles. The lowest BCUT2D eigenvalue weighted by Gasteiger charge is -1.93. The second kappa shape index (κ2) is 4.82. The molecule has 0 spiro atoms. The van der Waals surface area contributed by atoms with E-state index in [-0.39, 0.29) is 17.8 Å². The van der Waals surface area contributed by atoms with Gasteiger partial charge in [0.2, 0.25) is 17.8 Å². The van der Waals surface area contributed by atoms with Gasteiger partial charge in [0.15, 0.2) is 0 Å². The fourth-order valence-corrected chi connectivity index (χ4v) is 0.427. The van der Waals surface area contributed by atoms with E-state index >= 15 is 0 Å². The molecule has 0 aliphatic rings. The molecule has 1 aromatic rings. The summed E-state index contributed by atoms with van der Waals surface area (Å²) in [6.07, 6.45) is 0. The van der Waals surface area contributed by atoms with Gasteiger partial charge in [-0.15, -0.1) is 0 Å². The van der Waals surface area contributed by atoms with Crippen molar-refractivity contribution in [3.05, 3.63) is 0 Å². The molecule has 1 heterocycles. The Morgan fingerprint density at radius 2 is 1.00 bits per heavy atom. The van der Waals surface area contributed by atoms with E-state index in [1.54, 1.807) is 0 Å². The van der Waals surface area contributed by atoms with Crippen LogP contribution in [0.4, 0.5) is 17.8 Å². The molecule has 14 heavy (non-hydrogen) atoms. The Labute approximate surface area is 80.2 Å². The predicted molar refractivity (Wildman–Crippen MR) is 52.6 cm³/mol. The smallest absolute Gasteiger partial charge is 0.368 e. The Balaban J connectivity index is 0.000000292. The number of hydrogen-bond donors (Lipinski definition) is 6. The molecule has 9 nitrogen and oxygen atoms in total. The lowest BCUT2D eigenvalue weighted by molar-refractivity contribution is 0.340. The molecule has 0 fully saturated rings. The molecule has 0 unspecified atom stereocenters. The molecule has 10 heteroatoms. The Kier molecular flexibility index (Phi) is 4.38. The largest absolute Gasteiger partial charge is 0.400 e. The van der Waals surface area contributed by atoms with E-state index in [1.807, 2.05) is 0 Å².